The minimum Gasteiger partial charge on any atom is -0.485 e. The fraction of sp³-hybridized carbons (Fsp3) is 0.579. The fourth-order valence-corrected chi connectivity index (χ4v) is 3.57. The second-order valence-electron chi connectivity index (χ2n) is 7.50. The highest BCUT2D eigenvalue weighted by molar-refractivity contribution is 5.33. The molecule has 1 fully saturated rings. The number of hydrogen-bond donors (Lipinski definition) is 1. The predicted molar refractivity (Wildman–Crippen MR) is 94.3 cm³/mol. The Balaban J connectivity index is 1.59. The lowest BCUT2D eigenvalue weighted by molar-refractivity contribution is -0.00774. The standard InChI is InChI=1S/C19H27N3O3/c1-13-8-14(2)10-15(9-13)24-12-17-20-18(25-21-17)11-22-7-5-6-16(22)19(3,4)23/h8-10,16,23H,5-7,11-12H2,1-4H3. The van der Waals surface area contributed by atoms with Crippen LogP contribution in [0.4, 0.5) is 0 Å². The van der Waals surface area contributed by atoms with Crippen molar-refractivity contribution >= 4 is 0 Å². The van der Waals surface area contributed by atoms with Crippen LogP contribution >= 0.6 is 0 Å². The first-order chi connectivity index (χ1) is 11.8. The van der Waals surface area contributed by atoms with Gasteiger partial charge in [-0.2, -0.15) is 4.98 Å². The van der Waals surface area contributed by atoms with Gasteiger partial charge in [-0.15, -0.1) is 0 Å². The summed E-state index contributed by atoms with van der Waals surface area (Å²) in [5, 5.41) is 14.3. The van der Waals surface area contributed by atoms with Crippen molar-refractivity contribution in [3.8, 4) is 5.75 Å². The topological polar surface area (TPSA) is 71.6 Å². The number of rotatable bonds is 6. The highest BCUT2D eigenvalue weighted by Gasteiger charge is 2.36. The number of nitrogens with zero attached hydrogens (tertiary/aromatic N) is 3. The van der Waals surface area contributed by atoms with Crippen LogP contribution in [-0.2, 0) is 13.2 Å². The average Bonchev–Trinajstić information content (AvgIpc) is 3.13. The summed E-state index contributed by atoms with van der Waals surface area (Å²) < 4.78 is 11.1. The number of hydrogen-bond acceptors (Lipinski definition) is 6. The molecule has 1 atom stereocenters. The third-order valence-corrected chi connectivity index (χ3v) is 4.59. The lowest BCUT2D eigenvalue weighted by Crippen LogP contribution is -2.45. The first-order valence-corrected chi connectivity index (χ1v) is 8.80. The van der Waals surface area contributed by atoms with Crippen LogP contribution in [0.25, 0.3) is 0 Å². The van der Waals surface area contributed by atoms with E-state index in [4.69, 9.17) is 9.26 Å². The van der Waals surface area contributed by atoms with Gasteiger partial charge in [0, 0.05) is 6.04 Å². The van der Waals surface area contributed by atoms with Crippen molar-refractivity contribution in [1.29, 1.82) is 0 Å². The molecule has 1 aliphatic heterocycles. The Hall–Kier alpha value is -1.92. The molecule has 1 aromatic carbocycles. The van der Waals surface area contributed by atoms with Crippen LogP contribution in [-0.4, -0.2) is 38.3 Å². The molecule has 1 saturated heterocycles. The second-order valence-corrected chi connectivity index (χ2v) is 7.50. The van der Waals surface area contributed by atoms with Crippen LogP contribution in [0.2, 0.25) is 0 Å². The Bertz CT molecular complexity index is 701. The Morgan fingerprint density at radius 3 is 2.68 bits per heavy atom. The smallest absolute Gasteiger partial charge is 0.240 e. The lowest BCUT2D eigenvalue weighted by atomic mass is 9.97. The number of aromatic nitrogens is 2. The normalized spacial score (nSPS) is 18.7. The molecule has 2 heterocycles. The molecular formula is C19H27N3O3. The maximum atomic E-state index is 10.3. The molecule has 25 heavy (non-hydrogen) atoms. The molecule has 6 heteroatoms. The summed E-state index contributed by atoms with van der Waals surface area (Å²) in [5.74, 6) is 1.91. The van der Waals surface area contributed by atoms with Gasteiger partial charge in [0.2, 0.25) is 11.7 Å². The van der Waals surface area contributed by atoms with Crippen molar-refractivity contribution in [2.75, 3.05) is 6.54 Å². The summed E-state index contributed by atoms with van der Waals surface area (Å²) in [7, 11) is 0. The van der Waals surface area contributed by atoms with E-state index in [2.05, 4.69) is 21.1 Å². The van der Waals surface area contributed by atoms with Crippen molar-refractivity contribution < 1.29 is 14.4 Å². The molecule has 0 aliphatic carbocycles. The van der Waals surface area contributed by atoms with Gasteiger partial charge < -0.3 is 14.4 Å². The molecule has 1 aliphatic rings. The molecule has 2 aromatic rings. The van der Waals surface area contributed by atoms with Crippen molar-refractivity contribution in [3.05, 3.63) is 41.0 Å². The van der Waals surface area contributed by atoms with Crippen LogP contribution in [0.1, 0.15) is 49.5 Å². The summed E-state index contributed by atoms with van der Waals surface area (Å²) >= 11 is 0. The lowest BCUT2D eigenvalue weighted by Gasteiger charge is -2.32. The number of likely N-dealkylation sites (tertiary alicyclic amines) is 1. The zero-order chi connectivity index (χ0) is 18.0. The van der Waals surface area contributed by atoms with Gasteiger partial charge in [-0.3, -0.25) is 4.90 Å². The van der Waals surface area contributed by atoms with E-state index in [-0.39, 0.29) is 12.6 Å². The Labute approximate surface area is 148 Å². The molecule has 0 radical (unpaired) electrons. The molecule has 1 N–H and O–H groups in total. The summed E-state index contributed by atoms with van der Waals surface area (Å²) in [5.41, 5.74) is 1.59. The van der Waals surface area contributed by atoms with Gasteiger partial charge in [-0.1, -0.05) is 11.2 Å². The predicted octanol–water partition coefficient (Wildman–Crippen LogP) is 3.00. The molecule has 0 spiro atoms. The number of benzene rings is 1. The molecule has 0 bridgehead atoms. The average molecular weight is 345 g/mol. The minimum atomic E-state index is -0.731. The van der Waals surface area contributed by atoms with E-state index in [1.807, 2.05) is 39.8 Å². The first-order valence-electron chi connectivity index (χ1n) is 8.80. The third kappa shape index (κ3) is 4.58. The van der Waals surface area contributed by atoms with Gasteiger partial charge in [-0.05, 0) is 70.3 Å². The van der Waals surface area contributed by atoms with Crippen molar-refractivity contribution in [2.24, 2.45) is 0 Å². The molecule has 136 valence electrons. The van der Waals surface area contributed by atoms with E-state index in [0.717, 1.165) is 36.3 Å². The fourth-order valence-electron chi connectivity index (χ4n) is 3.57. The number of ether oxygens (including phenoxy) is 1. The van der Waals surface area contributed by atoms with E-state index in [1.54, 1.807) is 0 Å². The Kier molecular flexibility index (Phi) is 5.11. The molecular weight excluding hydrogens is 318 g/mol. The SMILES string of the molecule is Cc1cc(C)cc(OCc2noc(CN3CCCC3C(C)(C)O)n2)c1. The van der Waals surface area contributed by atoms with Gasteiger partial charge >= 0.3 is 0 Å². The van der Waals surface area contributed by atoms with Crippen molar-refractivity contribution in [1.82, 2.24) is 15.0 Å². The summed E-state index contributed by atoms with van der Waals surface area (Å²) in [6.45, 7) is 9.57. The van der Waals surface area contributed by atoms with E-state index in [9.17, 15) is 5.11 Å². The van der Waals surface area contributed by atoms with E-state index in [0.29, 0.717) is 18.3 Å². The van der Waals surface area contributed by atoms with Crippen LogP contribution in [0.15, 0.2) is 22.7 Å². The summed E-state index contributed by atoms with van der Waals surface area (Å²) in [6, 6.07) is 6.21. The number of aryl methyl sites for hydroxylation is 2. The van der Waals surface area contributed by atoms with Crippen LogP contribution in [0.5, 0.6) is 5.75 Å². The van der Waals surface area contributed by atoms with Gasteiger partial charge in [-0.25, -0.2) is 0 Å². The maximum Gasteiger partial charge on any atom is 0.240 e. The second kappa shape index (κ2) is 7.14. The van der Waals surface area contributed by atoms with E-state index in [1.165, 1.54) is 0 Å². The van der Waals surface area contributed by atoms with Gasteiger partial charge in [0.1, 0.15) is 5.75 Å². The van der Waals surface area contributed by atoms with Gasteiger partial charge in [0.15, 0.2) is 6.61 Å². The molecule has 3 rings (SSSR count). The Morgan fingerprint density at radius 1 is 1.28 bits per heavy atom. The zero-order valence-corrected chi connectivity index (χ0v) is 15.5. The monoisotopic (exact) mass is 345 g/mol. The largest absolute Gasteiger partial charge is 0.485 e. The van der Waals surface area contributed by atoms with Crippen LogP contribution < -0.4 is 4.74 Å². The van der Waals surface area contributed by atoms with E-state index >= 15 is 0 Å². The molecule has 1 aromatic heterocycles. The Morgan fingerprint density at radius 2 is 2.00 bits per heavy atom. The first kappa shape index (κ1) is 17.9. The zero-order valence-electron chi connectivity index (χ0n) is 15.5. The van der Waals surface area contributed by atoms with Crippen LogP contribution in [0.3, 0.4) is 0 Å². The highest BCUT2D eigenvalue weighted by atomic mass is 16.5. The van der Waals surface area contributed by atoms with Crippen LogP contribution in [0, 0.1) is 13.8 Å². The van der Waals surface area contributed by atoms with E-state index < -0.39 is 5.60 Å². The third-order valence-electron chi connectivity index (χ3n) is 4.59. The quantitative estimate of drug-likeness (QED) is 0.868. The summed E-state index contributed by atoms with van der Waals surface area (Å²) in [6.07, 6.45) is 2.06. The molecule has 0 saturated carbocycles. The van der Waals surface area contributed by atoms with Gasteiger partial charge in [0.05, 0.1) is 12.1 Å². The highest BCUT2D eigenvalue weighted by Crippen LogP contribution is 2.28. The molecule has 0 amide bonds. The number of aliphatic hydroxyl groups is 1. The molecule has 6 nitrogen and oxygen atoms in total. The minimum absolute atomic E-state index is 0.120. The summed E-state index contributed by atoms with van der Waals surface area (Å²) in [4.78, 5) is 6.63. The van der Waals surface area contributed by atoms with Gasteiger partial charge in [0.25, 0.3) is 0 Å². The maximum absolute atomic E-state index is 10.3. The van der Waals surface area contributed by atoms with Crippen molar-refractivity contribution in [2.45, 2.75) is 65.3 Å². The van der Waals surface area contributed by atoms with Crippen molar-refractivity contribution in [3.63, 3.8) is 0 Å². The molecule has 1 unspecified atom stereocenters.